The minimum Gasteiger partial charge on any atom is -0.453 e. The minimum atomic E-state index is -0.687. The summed E-state index contributed by atoms with van der Waals surface area (Å²) in [4.78, 5) is 72.2. The summed E-state index contributed by atoms with van der Waals surface area (Å²) in [5.41, 5.74) is 9.48. The van der Waals surface area contributed by atoms with Gasteiger partial charge >= 0.3 is 12.2 Å². The Hall–Kier alpha value is -5.66. The molecule has 3 fully saturated rings. The van der Waals surface area contributed by atoms with Gasteiger partial charge < -0.3 is 39.9 Å². The predicted octanol–water partition coefficient (Wildman–Crippen LogP) is 7.98. The molecule has 2 saturated heterocycles. The van der Waals surface area contributed by atoms with Crippen molar-refractivity contribution in [3.8, 4) is 33.6 Å². The van der Waals surface area contributed by atoms with Gasteiger partial charge in [-0.15, -0.1) is 0 Å². The molecule has 0 bridgehead atoms. The average molecular weight is 833 g/mol. The van der Waals surface area contributed by atoms with Gasteiger partial charge in [0.2, 0.25) is 11.8 Å². The quantitative estimate of drug-likeness (QED) is 0.118. The van der Waals surface area contributed by atoms with Crippen molar-refractivity contribution in [2.75, 3.05) is 27.3 Å². The van der Waals surface area contributed by atoms with Gasteiger partial charge in [0, 0.05) is 18.7 Å². The number of nitrogens with zero attached hydrogens (tertiary/aromatic N) is 4. The second-order valence-corrected chi connectivity index (χ2v) is 18.0. The number of imidazole rings is 2. The molecule has 1 spiro atoms. The SMILES string of the molecule is COC(=O)N[C@H](C(=O)N1CCC[C@H]1c1ncc(-c2ccc(-c3ccc(-c4cnc([C@@H]5CCCN5C(=O)[C@@H](NC(=O)OC)C(C)C)[nH]4)c4c3CCC43CCCC3)cc2)[nH]1)C(C)C. The molecule has 4 aliphatic rings. The summed E-state index contributed by atoms with van der Waals surface area (Å²) >= 11 is 0. The Bertz CT molecular complexity index is 2260. The van der Waals surface area contributed by atoms with Crippen LogP contribution in [0.5, 0.6) is 0 Å². The minimum absolute atomic E-state index is 0.104. The van der Waals surface area contributed by atoms with Gasteiger partial charge in [-0.1, -0.05) is 76.9 Å². The number of fused-ring (bicyclic) bond motifs is 2. The zero-order chi connectivity index (χ0) is 43.0. The highest BCUT2D eigenvalue weighted by Crippen LogP contribution is 2.55. The highest BCUT2D eigenvalue weighted by molar-refractivity contribution is 5.87. The molecular formula is C47H60N8O6. The molecule has 4 N–H and O–H groups in total. The fourth-order valence-electron chi connectivity index (χ4n) is 10.6. The van der Waals surface area contributed by atoms with Gasteiger partial charge in [0.15, 0.2) is 0 Å². The van der Waals surface area contributed by atoms with Gasteiger partial charge in [-0.3, -0.25) is 9.59 Å². The maximum absolute atomic E-state index is 13.8. The molecule has 2 aromatic heterocycles. The summed E-state index contributed by atoms with van der Waals surface area (Å²) < 4.78 is 9.62. The van der Waals surface area contributed by atoms with E-state index in [1.165, 1.54) is 62.2 Å². The number of alkyl carbamates (subject to hydrolysis) is 2. The zero-order valence-electron chi connectivity index (χ0n) is 36.3. The third-order valence-electron chi connectivity index (χ3n) is 13.7. The van der Waals surface area contributed by atoms with Crippen LogP contribution >= 0.6 is 0 Å². The van der Waals surface area contributed by atoms with Crippen molar-refractivity contribution in [1.29, 1.82) is 0 Å². The lowest BCUT2D eigenvalue weighted by atomic mass is 9.77. The standard InChI is InChI=1S/C47H60N8O6/c1-27(2)39(52-45(58)60-5)43(56)54-23-9-11-36(54)41-48-25-34(50-41)30-15-13-29(14-16-30)31-17-18-33(38-32(31)19-22-47(38)20-7-8-21-47)35-26-49-42(51-35)37-12-10-24-55(37)44(57)40(28(3)4)53-46(59)61-6/h13-18,25-28,36-37,39-40H,7-12,19-24H2,1-6H3,(H,48,50)(H,49,51)(H,52,58)(H,53,59)/t36-,37-,39-,40-/m0/s1. The maximum Gasteiger partial charge on any atom is 0.407 e. The average Bonchev–Trinajstić information content (AvgIpc) is 4.13. The van der Waals surface area contributed by atoms with Gasteiger partial charge in [-0.25, -0.2) is 19.6 Å². The van der Waals surface area contributed by atoms with E-state index in [4.69, 9.17) is 19.4 Å². The Balaban J connectivity index is 1.04. The van der Waals surface area contributed by atoms with Gasteiger partial charge in [-0.2, -0.15) is 0 Å². The summed E-state index contributed by atoms with van der Waals surface area (Å²) in [5, 5.41) is 5.47. The summed E-state index contributed by atoms with van der Waals surface area (Å²) in [6.45, 7) is 8.89. The number of H-pyrrole nitrogens is 2. The molecule has 8 rings (SSSR count). The molecular weight excluding hydrogens is 773 g/mol. The van der Waals surface area contributed by atoms with Crippen molar-refractivity contribution < 1.29 is 28.7 Å². The Morgan fingerprint density at radius 1 is 0.672 bits per heavy atom. The topological polar surface area (TPSA) is 175 Å². The molecule has 0 unspecified atom stereocenters. The van der Waals surface area contributed by atoms with Crippen molar-refractivity contribution in [2.45, 2.75) is 121 Å². The highest BCUT2D eigenvalue weighted by atomic mass is 16.5. The largest absolute Gasteiger partial charge is 0.453 e. The smallest absolute Gasteiger partial charge is 0.407 e. The maximum atomic E-state index is 13.8. The number of aromatic nitrogens is 4. The number of amides is 4. The molecule has 4 atom stereocenters. The number of hydrogen-bond acceptors (Lipinski definition) is 8. The molecule has 4 aromatic rings. The van der Waals surface area contributed by atoms with Gasteiger partial charge in [-0.05, 0) is 96.4 Å². The van der Waals surface area contributed by atoms with Crippen LogP contribution in [0.1, 0.15) is 120 Å². The third-order valence-corrected chi connectivity index (χ3v) is 13.7. The third kappa shape index (κ3) is 8.01. The van der Waals surface area contributed by atoms with E-state index in [0.29, 0.717) is 13.1 Å². The molecule has 2 aromatic carbocycles. The van der Waals surface area contributed by atoms with Crippen LogP contribution in [0.15, 0.2) is 48.8 Å². The molecule has 14 nitrogen and oxygen atoms in total. The number of likely N-dealkylation sites (tertiary alicyclic amines) is 2. The van der Waals surface area contributed by atoms with E-state index in [2.05, 4.69) is 57.0 Å². The van der Waals surface area contributed by atoms with Crippen molar-refractivity contribution in [3.05, 3.63) is 71.6 Å². The number of rotatable bonds is 11. The van der Waals surface area contributed by atoms with E-state index in [1.54, 1.807) is 0 Å². The molecule has 61 heavy (non-hydrogen) atoms. The molecule has 0 radical (unpaired) electrons. The van der Waals surface area contributed by atoms with E-state index in [-0.39, 0.29) is 41.1 Å². The second-order valence-electron chi connectivity index (χ2n) is 18.0. The molecule has 2 aliphatic carbocycles. The summed E-state index contributed by atoms with van der Waals surface area (Å²) in [7, 11) is 2.61. The van der Waals surface area contributed by atoms with Crippen LogP contribution in [0.25, 0.3) is 33.6 Å². The van der Waals surface area contributed by atoms with Crippen molar-refractivity contribution in [2.24, 2.45) is 11.8 Å². The number of methoxy groups -OCH3 is 2. The Morgan fingerprint density at radius 3 is 1.69 bits per heavy atom. The summed E-state index contributed by atoms with van der Waals surface area (Å²) in [6, 6.07) is 11.4. The van der Waals surface area contributed by atoms with Crippen molar-refractivity contribution in [1.82, 2.24) is 40.4 Å². The first-order valence-electron chi connectivity index (χ1n) is 22.1. The van der Waals surface area contributed by atoms with Crippen LogP contribution in [0.3, 0.4) is 0 Å². The first-order chi connectivity index (χ1) is 29.4. The summed E-state index contributed by atoms with van der Waals surface area (Å²) in [5.74, 6) is 1.06. The summed E-state index contributed by atoms with van der Waals surface area (Å²) in [6.07, 6.45) is 12.8. The molecule has 324 valence electrons. The van der Waals surface area contributed by atoms with E-state index in [1.807, 2.05) is 49.9 Å². The van der Waals surface area contributed by atoms with Crippen LogP contribution in [0.4, 0.5) is 9.59 Å². The number of carbonyl (C=O) groups is 4. The number of carbonyl (C=O) groups excluding carboxylic acids is 4. The molecule has 4 amide bonds. The number of hydrogen-bond donors (Lipinski definition) is 4. The Kier molecular flexibility index (Phi) is 12.0. The zero-order valence-corrected chi connectivity index (χ0v) is 36.3. The van der Waals surface area contributed by atoms with Crippen molar-refractivity contribution >= 4 is 24.0 Å². The number of nitrogens with one attached hydrogen (secondary N) is 4. The Labute approximate surface area is 358 Å². The number of benzene rings is 2. The van der Waals surface area contributed by atoms with E-state index >= 15 is 0 Å². The molecule has 2 aliphatic heterocycles. The molecule has 4 heterocycles. The monoisotopic (exact) mass is 832 g/mol. The number of aromatic amines is 2. The molecule has 14 heteroatoms. The fourth-order valence-corrected chi connectivity index (χ4v) is 10.6. The van der Waals surface area contributed by atoms with Crippen LogP contribution in [-0.4, -0.2) is 93.1 Å². The lowest BCUT2D eigenvalue weighted by Crippen LogP contribution is -2.51. The lowest BCUT2D eigenvalue weighted by molar-refractivity contribution is -0.136. The van der Waals surface area contributed by atoms with E-state index < -0.39 is 24.3 Å². The first kappa shape index (κ1) is 42.0. The second kappa shape index (κ2) is 17.4. The van der Waals surface area contributed by atoms with Crippen LogP contribution in [-0.2, 0) is 30.9 Å². The van der Waals surface area contributed by atoms with E-state index in [0.717, 1.165) is 72.7 Å². The Morgan fingerprint density at radius 2 is 1.16 bits per heavy atom. The van der Waals surface area contributed by atoms with E-state index in [9.17, 15) is 19.2 Å². The fraction of sp³-hybridized carbons (Fsp3) is 0.532. The van der Waals surface area contributed by atoms with Gasteiger partial charge in [0.05, 0.1) is 50.1 Å². The first-order valence-corrected chi connectivity index (χ1v) is 22.1. The predicted molar refractivity (Wildman–Crippen MR) is 231 cm³/mol. The number of ether oxygens (including phenoxy) is 2. The van der Waals surface area contributed by atoms with Gasteiger partial charge in [0.25, 0.3) is 0 Å². The van der Waals surface area contributed by atoms with Gasteiger partial charge in [0.1, 0.15) is 23.7 Å². The van der Waals surface area contributed by atoms with Crippen LogP contribution < -0.4 is 10.6 Å². The van der Waals surface area contributed by atoms with Crippen LogP contribution in [0.2, 0.25) is 0 Å². The highest BCUT2D eigenvalue weighted by Gasteiger charge is 2.44. The lowest BCUT2D eigenvalue weighted by Gasteiger charge is -2.30. The van der Waals surface area contributed by atoms with Crippen molar-refractivity contribution in [3.63, 3.8) is 0 Å². The molecule has 1 saturated carbocycles. The normalized spacial score (nSPS) is 20.3. The van der Waals surface area contributed by atoms with Crippen LogP contribution in [0, 0.1) is 11.8 Å².